The maximum Gasteiger partial charge on any atom is 0.227 e. The highest BCUT2D eigenvalue weighted by molar-refractivity contribution is 7.15. The summed E-state index contributed by atoms with van der Waals surface area (Å²) in [5, 5.41) is 0. The van der Waals surface area contributed by atoms with Crippen LogP contribution in [0.25, 0.3) is 10.4 Å². The van der Waals surface area contributed by atoms with Crippen molar-refractivity contribution in [1.82, 2.24) is 9.80 Å². The highest BCUT2D eigenvalue weighted by Gasteiger charge is 2.39. The molecule has 2 aromatic rings. The number of hydrogen-bond acceptors (Lipinski definition) is 5. The average Bonchev–Trinajstić information content (AvgIpc) is 3.35. The largest absolute Gasteiger partial charge is 0.378 e. The molecule has 0 N–H and O–H groups in total. The average molecular weight is 441 g/mol. The SMILES string of the molecule is CN(C)c1cc(-c2ccc(C3CC(CN4CCCCC4)C(=O)N3C)s2)cc(N(C)C)c1. The van der Waals surface area contributed by atoms with Gasteiger partial charge in [-0.2, -0.15) is 0 Å². The third-order valence-corrected chi connectivity index (χ3v) is 8.01. The zero-order chi connectivity index (χ0) is 22.1. The van der Waals surface area contributed by atoms with Crippen molar-refractivity contribution in [3.63, 3.8) is 0 Å². The van der Waals surface area contributed by atoms with E-state index in [1.165, 1.54) is 46.0 Å². The minimum atomic E-state index is 0.135. The number of thiophene rings is 1. The fourth-order valence-electron chi connectivity index (χ4n) is 4.82. The molecule has 4 rings (SSSR count). The summed E-state index contributed by atoms with van der Waals surface area (Å²) in [7, 11) is 10.3. The Labute approximate surface area is 191 Å². The molecule has 2 aliphatic rings. The first-order valence-electron chi connectivity index (χ1n) is 11.4. The number of amides is 1. The normalized spacial score (nSPS) is 22.2. The zero-order valence-corrected chi connectivity index (χ0v) is 20.4. The molecule has 2 aliphatic heterocycles. The lowest BCUT2D eigenvalue weighted by Gasteiger charge is -2.28. The van der Waals surface area contributed by atoms with Crippen molar-refractivity contribution in [2.75, 3.05) is 64.7 Å². The van der Waals surface area contributed by atoms with Crippen LogP contribution in [-0.4, -0.2) is 70.6 Å². The molecular weight excluding hydrogens is 404 g/mol. The van der Waals surface area contributed by atoms with Crippen LogP contribution in [0.5, 0.6) is 0 Å². The summed E-state index contributed by atoms with van der Waals surface area (Å²) in [4.78, 5) is 24.3. The van der Waals surface area contributed by atoms with E-state index in [9.17, 15) is 4.79 Å². The first kappa shape index (κ1) is 22.2. The Kier molecular flexibility index (Phi) is 6.58. The number of likely N-dealkylation sites (tertiary alicyclic amines) is 2. The molecule has 1 amide bonds. The second kappa shape index (κ2) is 9.21. The molecule has 2 fully saturated rings. The number of hydrogen-bond donors (Lipinski definition) is 0. The summed E-state index contributed by atoms with van der Waals surface area (Å²) in [6.07, 6.45) is 4.82. The lowest BCUT2D eigenvalue weighted by molar-refractivity contribution is -0.131. The van der Waals surface area contributed by atoms with Gasteiger partial charge in [-0.25, -0.2) is 0 Å². The second-order valence-electron chi connectivity index (χ2n) is 9.49. The van der Waals surface area contributed by atoms with Crippen molar-refractivity contribution in [2.45, 2.75) is 31.7 Å². The molecule has 6 heteroatoms. The number of carbonyl (C=O) groups is 1. The minimum absolute atomic E-state index is 0.135. The van der Waals surface area contributed by atoms with Gasteiger partial charge in [0.15, 0.2) is 0 Å². The predicted molar refractivity (Wildman–Crippen MR) is 132 cm³/mol. The van der Waals surface area contributed by atoms with Crippen molar-refractivity contribution in [3.05, 3.63) is 35.2 Å². The Bertz CT molecular complexity index is 890. The number of rotatable bonds is 6. The number of carbonyl (C=O) groups excluding carboxylic acids is 1. The van der Waals surface area contributed by atoms with Gasteiger partial charge in [0, 0.05) is 62.9 Å². The van der Waals surface area contributed by atoms with Gasteiger partial charge in [-0.1, -0.05) is 6.42 Å². The molecular formula is C25H36N4OS. The van der Waals surface area contributed by atoms with Crippen molar-refractivity contribution in [1.29, 1.82) is 0 Å². The van der Waals surface area contributed by atoms with Crippen LogP contribution in [0.3, 0.4) is 0 Å². The molecule has 31 heavy (non-hydrogen) atoms. The first-order valence-corrected chi connectivity index (χ1v) is 12.2. The van der Waals surface area contributed by atoms with E-state index in [1.807, 2.05) is 23.3 Å². The predicted octanol–water partition coefficient (Wildman–Crippen LogP) is 4.55. The van der Waals surface area contributed by atoms with E-state index in [0.717, 1.165) is 26.1 Å². The van der Waals surface area contributed by atoms with Crippen LogP contribution in [0.15, 0.2) is 30.3 Å². The van der Waals surface area contributed by atoms with Gasteiger partial charge < -0.3 is 19.6 Å². The summed E-state index contributed by atoms with van der Waals surface area (Å²) < 4.78 is 0. The van der Waals surface area contributed by atoms with Gasteiger partial charge in [0.2, 0.25) is 5.91 Å². The summed E-state index contributed by atoms with van der Waals surface area (Å²) in [6.45, 7) is 3.23. The summed E-state index contributed by atoms with van der Waals surface area (Å²) >= 11 is 1.83. The molecule has 2 atom stereocenters. The van der Waals surface area contributed by atoms with Crippen molar-refractivity contribution in [3.8, 4) is 10.4 Å². The molecule has 0 saturated carbocycles. The summed E-state index contributed by atoms with van der Waals surface area (Å²) in [6, 6.07) is 11.4. The van der Waals surface area contributed by atoms with Gasteiger partial charge in [0.1, 0.15) is 0 Å². The molecule has 1 aromatic carbocycles. The quantitative estimate of drug-likeness (QED) is 0.659. The molecule has 1 aromatic heterocycles. The van der Waals surface area contributed by atoms with Crippen LogP contribution >= 0.6 is 11.3 Å². The third kappa shape index (κ3) is 4.75. The van der Waals surface area contributed by atoms with Crippen LogP contribution < -0.4 is 9.80 Å². The van der Waals surface area contributed by atoms with Crippen molar-refractivity contribution < 1.29 is 4.79 Å². The number of benzene rings is 1. The van der Waals surface area contributed by atoms with E-state index in [-0.39, 0.29) is 12.0 Å². The summed E-state index contributed by atoms with van der Waals surface area (Å²) in [5.74, 6) is 0.450. The molecule has 2 saturated heterocycles. The van der Waals surface area contributed by atoms with Gasteiger partial charge in [0.05, 0.1) is 12.0 Å². The Hall–Kier alpha value is -2.05. The van der Waals surface area contributed by atoms with E-state index < -0.39 is 0 Å². The van der Waals surface area contributed by atoms with Crippen LogP contribution in [-0.2, 0) is 4.79 Å². The molecule has 0 aliphatic carbocycles. The molecule has 168 valence electrons. The van der Waals surface area contributed by atoms with E-state index in [1.54, 1.807) is 0 Å². The Morgan fingerprint density at radius 1 is 0.968 bits per heavy atom. The van der Waals surface area contributed by atoms with Gasteiger partial charge in [-0.3, -0.25) is 4.79 Å². The van der Waals surface area contributed by atoms with E-state index in [2.05, 4.69) is 73.2 Å². The number of piperidine rings is 1. The first-order chi connectivity index (χ1) is 14.8. The molecule has 0 radical (unpaired) electrons. The van der Waals surface area contributed by atoms with Crippen LogP contribution in [0, 0.1) is 5.92 Å². The second-order valence-corrected chi connectivity index (χ2v) is 10.6. The smallest absolute Gasteiger partial charge is 0.227 e. The van der Waals surface area contributed by atoms with Crippen LogP contribution in [0.1, 0.15) is 36.6 Å². The Balaban J connectivity index is 1.54. The Morgan fingerprint density at radius 3 is 2.23 bits per heavy atom. The number of anilines is 2. The van der Waals surface area contributed by atoms with E-state index >= 15 is 0 Å². The number of nitrogens with zero attached hydrogens (tertiary/aromatic N) is 4. The maximum absolute atomic E-state index is 13.0. The monoisotopic (exact) mass is 440 g/mol. The van der Waals surface area contributed by atoms with E-state index in [4.69, 9.17) is 0 Å². The minimum Gasteiger partial charge on any atom is -0.378 e. The molecule has 0 spiro atoms. The molecule has 0 bridgehead atoms. The van der Waals surface area contributed by atoms with Gasteiger partial charge >= 0.3 is 0 Å². The van der Waals surface area contributed by atoms with Crippen molar-refractivity contribution >= 4 is 28.6 Å². The summed E-state index contributed by atoms with van der Waals surface area (Å²) in [5.41, 5.74) is 3.64. The fraction of sp³-hybridized carbons (Fsp3) is 0.560. The van der Waals surface area contributed by atoms with Gasteiger partial charge in [-0.05, 0) is 68.2 Å². The molecule has 3 heterocycles. The fourth-order valence-corrected chi connectivity index (χ4v) is 5.98. The van der Waals surface area contributed by atoms with Crippen molar-refractivity contribution in [2.24, 2.45) is 5.92 Å². The molecule has 2 unspecified atom stereocenters. The maximum atomic E-state index is 13.0. The molecule has 5 nitrogen and oxygen atoms in total. The van der Waals surface area contributed by atoms with Crippen LogP contribution in [0.4, 0.5) is 11.4 Å². The van der Waals surface area contributed by atoms with Gasteiger partial charge in [0.25, 0.3) is 0 Å². The van der Waals surface area contributed by atoms with Gasteiger partial charge in [-0.15, -0.1) is 11.3 Å². The van der Waals surface area contributed by atoms with Crippen LogP contribution in [0.2, 0.25) is 0 Å². The lowest BCUT2D eigenvalue weighted by Crippen LogP contribution is -2.36. The third-order valence-electron chi connectivity index (χ3n) is 6.77. The lowest BCUT2D eigenvalue weighted by atomic mass is 10.0. The highest BCUT2D eigenvalue weighted by Crippen LogP contribution is 2.42. The Morgan fingerprint density at radius 2 is 1.61 bits per heavy atom. The standard InChI is InChI=1S/C25H36N4OS/c1-26(2)20-13-18(14-21(16-20)27(3)4)23-9-10-24(31-23)22-15-19(25(30)28(22)5)17-29-11-7-6-8-12-29/h9-10,13-14,16,19,22H,6-8,11-12,15,17H2,1-5H3. The highest BCUT2D eigenvalue weighted by atomic mass is 32.1. The topological polar surface area (TPSA) is 30.0 Å². The zero-order valence-electron chi connectivity index (χ0n) is 19.6. The van der Waals surface area contributed by atoms with E-state index in [0.29, 0.717) is 5.91 Å².